The molecule has 0 aromatic carbocycles. The molecule has 2 nitrogen and oxygen atoms in total. The lowest BCUT2D eigenvalue weighted by Gasteiger charge is -2.65. The van der Waals surface area contributed by atoms with Crippen LogP contribution in [0.15, 0.2) is 12.2 Å². The van der Waals surface area contributed by atoms with E-state index in [1.807, 2.05) is 0 Å². The highest BCUT2D eigenvalue weighted by molar-refractivity contribution is 5.30. The van der Waals surface area contributed by atoms with Gasteiger partial charge in [-0.25, -0.2) is 0 Å². The largest absolute Gasteiger partial charge is 0.392 e. The van der Waals surface area contributed by atoms with Gasteiger partial charge in [-0.2, -0.15) is 0 Å². The second-order valence-electron chi connectivity index (χ2n) is 9.71. The van der Waals surface area contributed by atoms with Crippen LogP contribution in [0.25, 0.3) is 0 Å². The maximum atomic E-state index is 11.0. The summed E-state index contributed by atoms with van der Waals surface area (Å²) < 4.78 is 0. The van der Waals surface area contributed by atoms with Crippen molar-refractivity contribution in [1.82, 2.24) is 0 Å². The van der Waals surface area contributed by atoms with Gasteiger partial charge in [0.15, 0.2) is 0 Å². The van der Waals surface area contributed by atoms with E-state index in [1.54, 1.807) is 0 Å². The zero-order valence-electron chi connectivity index (χ0n) is 14.4. The van der Waals surface area contributed by atoms with Crippen molar-refractivity contribution in [1.29, 1.82) is 0 Å². The summed E-state index contributed by atoms with van der Waals surface area (Å²) >= 11 is 0. The normalized spacial score (nSPS) is 56.4. The van der Waals surface area contributed by atoms with Gasteiger partial charge in [-0.3, -0.25) is 0 Å². The minimum atomic E-state index is -0.484. The van der Waals surface area contributed by atoms with Crippen LogP contribution in [0.1, 0.15) is 65.7 Å². The second-order valence-corrected chi connectivity index (χ2v) is 9.71. The molecule has 2 heteroatoms. The summed E-state index contributed by atoms with van der Waals surface area (Å²) in [6, 6.07) is 0. The first-order valence-electron chi connectivity index (χ1n) is 9.30. The summed E-state index contributed by atoms with van der Waals surface area (Å²) in [5.74, 6) is 1.33. The first kappa shape index (κ1) is 15.2. The summed E-state index contributed by atoms with van der Waals surface area (Å²) in [6.07, 6.45) is 7.38. The van der Waals surface area contributed by atoms with E-state index in [4.69, 9.17) is 0 Å². The van der Waals surface area contributed by atoms with E-state index in [1.165, 1.54) is 25.7 Å². The molecule has 2 bridgehead atoms. The number of aliphatic hydroxyl groups excluding tert-OH is 2. The Morgan fingerprint density at radius 2 is 1.68 bits per heavy atom. The van der Waals surface area contributed by atoms with Crippen molar-refractivity contribution < 1.29 is 10.2 Å². The van der Waals surface area contributed by atoms with E-state index in [2.05, 4.69) is 27.4 Å². The third kappa shape index (κ3) is 1.54. The first-order chi connectivity index (χ1) is 10.2. The van der Waals surface area contributed by atoms with Crippen molar-refractivity contribution in [3.8, 4) is 0 Å². The molecule has 0 saturated heterocycles. The summed E-state index contributed by atoms with van der Waals surface area (Å²) in [7, 11) is 0. The Balaban J connectivity index is 1.81. The van der Waals surface area contributed by atoms with Crippen LogP contribution in [0.5, 0.6) is 0 Å². The Bertz CT molecular complexity index is 510. The molecular weight excluding hydrogens is 272 g/mol. The molecule has 0 radical (unpaired) electrons. The summed E-state index contributed by atoms with van der Waals surface area (Å²) in [6.45, 7) is 11.5. The molecule has 22 heavy (non-hydrogen) atoms. The minimum absolute atomic E-state index is 0.142. The molecule has 0 aromatic heterocycles. The van der Waals surface area contributed by atoms with Crippen molar-refractivity contribution in [2.75, 3.05) is 0 Å². The smallest absolute Gasteiger partial charge is 0.0835 e. The maximum Gasteiger partial charge on any atom is 0.0835 e. The van der Waals surface area contributed by atoms with Crippen LogP contribution in [-0.4, -0.2) is 22.4 Å². The monoisotopic (exact) mass is 304 g/mol. The van der Waals surface area contributed by atoms with Crippen molar-refractivity contribution in [2.45, 2.75) is 77.9 Å². The molecule has 4 aliphatic carbocycles. The molecule has 0 aliphatic heterocycles. The third-order valence-electron chi connectivity index (χ3n) is 8.62. The minimum Gasteiger partial charge on any atom is -0.392 e. The van der Waals surface area contributed by atoms with Crippen molar-refractivity contribution in [3.63, 3.8) is 0 Å². The molecule has 4 rings (SSSR count). The van der Waals surface area contributed by atoms with E-state index in [-0.39, 0.29) is 22.9 Å². The standard InChI is InChI=1S/C20H32O2/c1-12-13-6-7-15-19(4)10-5-9-18(2,3)14(19)8-11-20(15,16(12)21)17(13)22/h13-17,21-22H,1,5-11H2,2-4H3/t13-,14+,15-,16+,17+,19+,20+/m0/s1. The van der Waals surface area contributed by atoms with Gasteiger partial charge in [0.25, 0.3) is 0 Å². The Morgan fingerprint density at radius 1 is 0.955 bits per heavy atom. The number of hydrogen-bond donors (Lipinski definition) is 2. The van der Waals surface area contributed by atoms with Crippen LogP contribution >= 0.6 is 0 Å². The Labute approximate surface area is 135 Å². The molecule has 7 atom stereocenters. The van der Waals surface area contributed by atoms with E-state index >= 15 is 0 Å². The van der Waals surface area contributed by atoms with Gasteiger partial charge < -0.3 is 10.2 Å². The summed E-state index contributed by atoms with van der Waals surface area (Å²) in [4.78, 5) is 0. The molecule has 1 spiro atoms. The van der Waals surface area contributed by atoms with Gasteiger partial charge in [0.05, 0.1) is 12.2 Å². The lowest BCUT2D eigenvalue weighted by molar-refractivity contribution is -0.205. The van der Waals surface area contributed by atoms with Crippen molar-refractivity contribution in [3.05, 3.63) is 12.2 Å². The molecule has 4 saturated carbocycles. The van der Waals surface area contributed by atoms with E-state index in [9.17, 15) is 10.2 Å². The van der Waals surface area contributed by atoms with Crippen molar-refractivity contribution >= 4 is 0 Å². The Hall–Kier alpha value is -0.340. The van der Waals surface area contributed by atoms with Gasteiger partial charge in [-0.1, -0.05) is 33.8 Å². The highest BCUT2D eigenvalue weighted by atomic mass is 16.3. The fourth-order valence-electron chi connectivity index (χ4n) is 7.74. The van der Waals surface area contributed by atoms with E-state index in [0.717, 1.165) is 30.8 Å². The lowest BCUT2D eigenvalue weighted by Crippen LogP contribution is -2.62. The Kier molecular flexibility index (Phi) is 3.03. The number of hydrogen-bond acceptors (Lipinski definition) is 2. The molecule has 0 heterocycles. The van der Waals surface area contributed by atoms with E-state index < -0.39 is 6.10 Å². The van der Waals surface area contributed by atoms with Gasteiger partial charge in [-0.05, 0) is 66.8 Å². The average Bonchev–Trinajstić information content (AvgIpc) is 2.56. The predicted octanol–water partition coefficient (Wildman–Crippen LogP) is 3.92. The predicted molar refractivity (Wildman–Crippen MR) is 88.3 cm³/mol. The van der Waals surface area contributed by atoms with Crippen LogP contribution in [0.2, 0.25) is 0 Å². The van der Waals surface area contributed by atoms with Gasteiger partial charge in [0.1, 0.15) is 0 Å². The van der Waals surface area contributed by atoms with E-state index in [0.29, 0.717) is 11.3 Å². The molecule has 0 unspecified atom stereocenters. The topological polar surface area (TPSA) is 40.5 Å². The highest BCUT2D eigenvalue weighted by Crippen LogP contribution is 2.71. The Morgan fingerprint density at radius 3 is 2.41 bits per heavy atom. The zero-order chi connectivity index (χ0) is 15.9. The molecule has 4 aliphatic rings. The second kappa shape index (κ2) is 4.39. The lowest BCUT2D eigenvalue weighted by atomic mass is 9.40. The quantitative estimate of drug-likeness (QED) is 0.666. The van der Waals surface area contributed by atoms with Crippen LogP contribution in [0, 0.1) is 34.0 Å². The number of fused-ring (bicyclic) bond motifs is 3. The van der Waals surface area contributed by atoms with Crippen LogP contribution in [0.4, 0.5) is 0 Å². The molecule has 2 N–H and O–H groups in total. The van der Waals surface area contributed by atoms with Crippen molar-refractivity contribution in [2.24, 2.45) is 34.0 Å². The van der Waals surface area contributed by atoms with Crippen LogP contribution in [-0.2, 0) is 0 Å². The molecular formula is C20H32O2. The molecule has 4 fully saturated rings. The van der Waals surface area contributed by atoms with Gasteiger partial charge in [-0.15, -0.1) is 0 Å². The van der Waals surface area contributed by atoms with Crippen LogP contribution < -0.4 is 0 Å². The summed E-state index contributed by atoms with van der Waals surface area (Å²) in [5, 5.41) is 22.0. The number of rotatable bonds is 0. The maximum absolute atomic E-state index is 11.0. The molecule has 0 amide bonds. The van der Waals surface area contributed by atoms with Gasteiger partial charge in [0, 0.05) is 11.3 Å². The average molecular weight is 304 g/mol. The van der Waals surface area contributed by atoms with Gasteiger partial charge >= 0.3 is 0 Å². The first-order valence-corrected chi connectivity index (χ1v) is 9.30. The number of aliphatic hydroxyl groups is 2. The SMILES string of the molecule is C=C1[C@@H](O)[C@@]23CC[C@@H]4C(C)(C)CCC[C@@]4(C)[C@@H]2CC[C@@H]1[C@H]3O. The molecule has 0 aromatic rings. The van der Waals surface area contributed by atoms with Gasteiger partial charge in [0.2, 0.25) is 0 Å². The third-order valence-corrected chi connectivity index (χ3v) is 8.62. The summed E-state index contributed by atoms with van der Waals surface area (Å²) in [5.41, 5.74) is 1.31. The molecule has 124 valence electrons. The van der Waals surface area contributed by atoms with Crippen LogP contribution in [0.3, 0.4) is 0 Å². The fraction of sp³-hybridized carbons (Fsp3) is 0.900. The zero-order valence-corrected chi connectivity index (χ0v) is 14.4. The fourth-order valence-corrected chi connectivity index (χ4v) is 7.74. The highest BCUT2D eigenvalue weighted by Gasteiger charge is 2.69.